The van der Waals surface area contributed by atoms with E-state index in [1.165, 1.54) is 4.90 Å². The molecule has 7 nitrogen and oxygen atoms in total. The quantitative estimate of drug-likeness (QED) is 0.467. The minimum atomic E-state index is -0.491. The third-order valence-electron chi connectivity index (χ3n) is 2.07. The highest BCUT2D eigenvalue weighted by molar-refractivity contribution is 5.71. The molecule has 0 unspecified atom stereocenters. The Hall–Kier alpha value is -0.890. The second-order valence-electron chi connectivity index (χ2n) is 3.38. The number of rotatable bonds is 12. The van der Waals surface area contributed by atoms with Crippen LogP contribution in [0.5, 0.6) is 0 Å². The van der Waals surface area contributed by atoms with Crippen molar-refractivity contribution in [3.63, 3.8) is 0 Å². The first-order chi connectivity index (χ1) is 8.72. The first-order valence-electron chi connectivity index (χ1n) is 5.92. The number of primary amides is 1. The van der Waals surface area contributed by atoms with Gasteiger partial charge in [0, 0.05) is 13.1 Å². The molecule has 0 atom stereocenters. The van der Waals surface area contributed by atoms with Gasteiger partial charge in [-0.05, 0) is 6.92 Å². The van der Waals surface area contributed by atoms with Crippen LogP contribution in [0.2, 0.25) is 0 Å². The van der Waals surface area contributed by atoms with Gasteiger partial charge in [-0.2, -0.15) is 0 Å². The average molecular weight is 263 g/mol. The standard InChI is InChI=1S/C11H23N2O5/c1-2-16-6-3-13(11(12)15)4-7-17-9-10-18-8-5-14/h2,14H,3-10H2,1H3,(H2,12,15). The van der Waals surface area contributed by atoms with E-state index in [0.717, 1.165) is 0 Å². The topological polar surface area (TPSA) is 94.2 Å². The molecule has 0 saturated heterocycles. The molecule has 0 aliphatic rings. The lowest BCUT2D eigenvalue weighted by atomic mass is 10.5. The highest BCUT2D eigenvalue weighted by Gasteiger charge is 2.08. The molecule has 1 radical (unpaired) electrons. The van der Waals surface area contributed by atoms with Gasteiger partial charge in [-0.25, -0.2) is 4.79 Å². The lowest BCUT2D eigenvalue weighted by molar-refractivity contribution is 0.0279. The van der Waals surface area contributed by atoms with Gasteiger partial charge in [0.2, 0.25) is 0 Å². The van der Waals surface area contributed by atoms with Gasteiger partial charge in [0.15, 0.2) is 0 Å². The maximum Gasteiger partial charge on any atom is 0.314 e. The van der Waals surface area contributed by atoms with Crippen LogP contribution in [-0.4, -0.2) is 68.8 Å². The maximum atomic E-state index is 11.1. The van der Waals surface area contributed by atoms with E-state index in [-0.39, 0.29) is 6.61 Å². The predicted octanol–water partition coefficient (Wildman–Crippen LogP) is -0.409. The largest absolute Gasteiger partial charge is 0.394 e. The van der Waals surface area contributed by atoms with Gasteiger partial charge in [0.1, 0.15) is 0 Å². The van der Waals surface area contributed by atoms with Crippen molar-refractivity contribution in [2.75, 3.05) is 52.7 Å². The van der Waals surface area contributed by atoms with Crippen molar-refractivity contribution in [2.45, 2.75) is 6.92 Å². The third kappa shape index (κ3) is 10.3. The molecule has 0 aliphatic carbocycles. The summed E-state index contributed by atoms with van der Waals surface area (Å²) in [4.78, 5) is 12.5. The summed E-state index contributed by atoms with van der Waals surface area (Å²) in [5.74, 6) is 0. The molecule has 3 N–H and O–H groups in total. The zero-order chi connectivity index (χ0) is 13.6. The molecule has 7 heteroatoms. The highest BCUT2D eigenvalue weighted by Crippen LogP contribution is 1.91. The molecular weight excluding hydrogens is 240 g/mol. The molecule has 0 fully saturated rings. The molecule has 0 saturated carbocycles. The molecule has 0 bridgehead atoms. The number of carbonyl (C=O) groups excluding carboxylic acids is 1. The number of aliphatic hydroxyl groups is 1. The van der Waals surface area contributed by atoms with E-state index >= 15 is 0 Å². The zero-order valence-electron chi connectivity index (χ0n) is 10.8. The van der Waals surface area contributed by atoms with Crippen molar-refractivity contribution in [2.24, 2.45) is 5.73 Å². The van der Waals surface area contributed by atoms with Gasteiger partial charge in [-0.3, -0.25) is 0 Å². The first-order valence-corrected chi connectivity index (χ1v) is 5.92. The van der Waals surface area contributed by atoms with Gasteiger partial charge in [0.25, 0.3) is 0 Å². The summed E-state index contributed by atoms with van der Waals surface area (Å²) in [6, 6.07) is -0.491. The van der Waals surface area contributed by atoms with Crippen LogP contribution in [0.4, 0.5) is 4.79 Å². The van der Waals surface area contributed by atoms with Gasteiger partial charge < -0.3 is 30.0 Å². The Morgan fingerprint density at radius 3 is 2.33 bits per heavy atom. The number of nitrogens with two attached hydrogens (primary N) is 1. The average Bonchev–Trinajstić information content (AvgIpc) is 2.35. The number of aliphatic hydroxyl groups excluding tert-OH is 1. The number of hydrogen-bond donors (Lipinski definition) is 2. The van der Waals surface area contributed by atoms with Crippen LogP contribution in [0.15, 0.2) is 0 Å². The second kappa shape index (κ2) is 12.6. The predicted molar refractivity (Wildman–Crippen MR) is 65.8 cm³/mol. The number of ether oxygens (including phenoxy) is 3. The van der Waals surface area contributed by atoms with E-state index in [1.807, 2.05) is 0 Å². The summed E-state index contributed by atoms with van der Waals surface area (Å²) in [5.41, 5.74) is 5.21. The molecule has 0 aromatic heterocycles. The normalized spacial score (nSPS) is 10.6. The fourth-order valence-corrected chi connectivity index (χ4v) is 1.17. The number of carbonyl (C=O) groups is 1. The van der Waals surface area contributed by atoms with Crippen LogP contribution < -0.4 is 5.73 Å². The molecule has 0 rings (SSSR count). The van der Waals surface area contributed by atoms with E-state index in [9.17, 15) is 4.79 Å². The molecule has 0 aromatic carbocycles. The Morgan fingerprint density at radius 2 is 1.78 bits per heavy atom. The van der Waals surface area contributed by atoms with E-state index < -0.39 is 6.03 Å². The van der Waals surface area contributed by atoms with Crippen LogP contribution >= 0.6 is 0 Å². The summed E-state index contributed by atoms with van der Waals surface area (Å²) in [6.45, 7) is 6.15. The van der Waals surface area contributed by atoms with E-state index in [1.54, 1.807) is 13.5 Å². The minimum Gasteiger partial charge on any atom is -0.394 e. The van der Waals surface area contributed by atoms with Gasteiger partial charge in [-0.1, -0.05) is 0 Å². The van der Waals surface area contributed by atoms with Crippen LogP contribution in [0, 0.1) is 6.61 Å². The number of urea groups is 1. The van der Waals surface area contributed by atoms with E-state index in [4.69, 9.17) is 25.1 Å². The fourth-order valence-electron chi connectivity index (χ4n) is 1.17. The SMILES string of the molecule is C[CH]OCCN(CCOCCOCCO)C(N)=O. The lowest BCUT2D eigenvalue weighted by Crippen LogP contribution is -2.40. The molecule has 0 aromatic rings. The molecular formula is C11H23N2O5. The van der Waals surface area contributed by atoms with Crippen molar-refractivity contribution in [3.05, 3.63) is 6.61 Å². The van der Waals surface area contributed by atoms with Gasteiger partial charge >= 0.3 is 6.03 Å². The fraction of sp³-hybridized carbons (Fsp3) is 0.818. The minimum absolute atomic E-state index is 0.00387. The summed E-state index contributed by atoms with van der Waals surface area (Å²) in [5, 5.41) is 8.47. The lowest BCUT2D eigenvalue weighted by Gasteiger charge is -2.19. The third-order valence-corrected chi connectivity index (χ3v) is 2.07. The molecule has 0 spiro atoms. The molecule has 2 amide bonds. The summed E-state index contributed by atoms with van der Waals surface area (Å²) < 4.78 is 15.3. The molecule has 0 heterocycles. The second-order valence-corrected chi connectivity index (χ2v) is 3.38. The Bertz CT molecular complexity index is 204. The number of hydrogen-bond acceptors (Lipinski definition) is 5. The Labute approximate surface area is 108 Å². The first kappa shape index (κ1) is 17.1. The number of nitrogens with zero attached hydrogens (tertiary/aromatic N) is 1. The van der Waals surface area contributed by atoms with Crippen molar-refractivity contribution >= 4 is 6.03 Å². The van der Waals surface area contributed by atoms with Crippen LogP contribution in [0.1, 0.15) is 6.92 Å². The van der Waals surface area contributed by atoms with Crippen LogP contribution in [0.3, 0.4) is 0 Å². The Balaban J connectivity index is 3.49. The molecule has 18 heavy (non-hydrogen) atoms. The Morgan fingerprint density at radius 1 is 1.17 bits per heavy atom. The van der Waals surface area contributed by atoms with Crippen LogP contribution in [-0.2, 0) is 14.2 Å². The van der Waals surface area contributed by atoms with Crippen molar-refractivity contribution < 1.29 is 24.1 Å². The molecule has 107 valence electrons. The summed E-state index contributed by atoms with van der Waals surface area (Å²) >= 11 is 0. The van der Waals surface area contributed by atoms with Crippen LogP contribution in [0.25, 0.3) is 0 Å². The molecule has 0 aliphatic heterocycles. The summed E-state index contributed by atoms with van der Waals surface area (Å²) in [7, 11) is 0. The van der Waals surface area contributed by atoms with Crippen molar-refractivity contribution in [1.82, 2.24) is 4.90 Å². The summed E-state index contributed by atoms with van der Waals surface area (Å²) in [6.07, 6.45) is 0. The zero-order valence-corrected chi connectivity index (χ0v) is 10.8. The smallest absolute Gasteiger partial charge is 0.314 e. The maximum absolute atomic E-state index is 11.1. The highest BCUT2D eigenvalue weighted by atomic mass is 16.5. The van der Waals surface area contributed by atoms with Gasteiger partial charge in [-0.15, -0.1) is 0 Å². The number of amides is 2. The van der Waals surface area contributed by atoms with Crippen molar-refractivity contribution in [3.8, 4) is 0 Å². The van der Waals surface area contributed by atoms with E-state index in [0.29, 0.717) is 46.1 Å². The van der Waals surface area contributed by atoms with Gasteiger partial charge in [0.05, 0.1) is 46.2 Å². The Kier molecular flexibility index (Phi) is 11.9. The van der Waals surface area contributed by atoms with Crippen molar-refractivity contribution in [1.29, 1.82) is 0 Å². The van der Waals surface area contributed by atoms with E-state index in [2.05, 4.69) is 0 Å². The monoisotopic (exact) mass is 263 g/mol.